The van der Waals surface area contributed by atoms with Gasteiger partial charge in [0.15, 0.2) is 0 Å². The van der Waals surface area contributed by atoms with Crippen LogP contribution in [0.3, 0.4) is 0 Å². The zero-order valence-corrected chi connectivity index (χ0v) is 11.3. The van der Waals surface area contributed by atoms with Gasteiger partial charge in [-0.25, -0.2) is 13.1 Å². The van der Waals surface area contributed by atoms with Gasteiger partial charge in [0.05, 0.1) is 4.75 Å². The molecule has 5 heteroatoms. The number of alkyl halides is 1. The van der Waals surface area contributed by atoms with Crippen molar-refractivity contribution in [2.45, 2.75) is 38.4 Å². The minimum atomic E-state index is -3.17. The van der Waals surface area contributed by atoms with Crippen LogP contribution in [0.1, 0.15) is 33.6 Å². The van der Waals surface area contributed by atoms with Gasteiger partial charge >= 0.3 is 0 Å². The summed E-state index contributed by atoms with van der Waals surface area (Å²) in [7, 11) is -3.17. The van der Waals surface area contributed by atoms with Gasteiger partial charge in [-0.2, -0.15) is 0 Å². The van der Waals surface area contributed by atoms with Crippen LogP contribution in [0.5, 0.6) is 0 Å². The fraction of sp³-hybridized carbons (Fsp3) is 1.00. The van der Waals surface area contributed by atoms with Crippen LogP contribution in [0.2, 0.25) is 0 Å². The second kappa shape index (κ2) is 3.76. The molecule has 1 aliphatic rings. The number of rotatable bonds is 4. The van der Waals surface area contributed by atoms with Crippen molar-refractivity contribution in [1.82, 2.24) is 4.72 Å². The maximum absolute atomic E-state index is 11.7. The summed E-state index contributed by atoms with van der Waals surface area (Å²) in [6, 6.07) is 0. The first-order valence-corrected chi connectivity index (χ1v) is 7.38. The Hall–Kier alpha value is 0.390. The number of hydrogen-bond donors (Lipinski definition) is 1. The van der Waals surface area contributed by atoms with Gasteiger partial charge in [0.1, 0.15) is 0 Å². The maximum Gasteiger partial charge on any atom is 0.216 e. The monoisotopic (exact) mass is 283 g/mol. The van der Waals surface area contributed by atoms with Crippen molar-refractivity contribution in [3.8, 4) is 0 Å². The van der Waals surface area contributed by atoms with Gasteiger partial charge in [-0.3, -0.25) is 0 Å². The van der Waals surface area contributed by atoms with Crippen molar-refractivity contribution in [3.05, 3.63) is 0 Å². The Morgan fingerprint density at radius 2 is 1.86 bits per heavy atom. The lowest BCUT2D eigenvalue weighted by Crippen LogP contribution is -2.42. The highest BCUT2D eigenvalue weighted by Crippen LogP contribution is 2.46. The fourth-order valence-electron chi connectivity index (χ4n) is 0.999. The number of sulfonamides is 1. The molecule has 0 bridgehead atoms. The van der Waals surface area contributed by atoms with Crippen LogP contribution in [0.15, 0.2) is 0 Å². The predicted octanol–water partition coefficient (Wildman–Crippen LogP) is 1.88. The Labute approximate surface area is 94.8 Å². The highest BCUT2D eigenvalue weighted by atomic mass is 79.9. The topological polar surface area (TPSA) is 46.2 Å². The highest BCUT2D eigenvalue weighted by molar-refractivity contribution is 9.09. The van der Waals surface area contributed by atoms with Crippen LogP contribution in [0.4, 0.5) is 0 Å². The van der Waals surface area contributed by atoms with E-state index in [9.17, 15) is 8.42 Å². The number of halogens is 1. The fourth-order valence-corrected chi connectivity index (χ4v) is 2.69. The van der Waals surface area contributed by atoms with Gasteiger partial charge in [0, 0.05) is 11.9 Å². The lowest BCUT2D eigenvalue weighted by atomic mass is 10.1. The van der Waals surface area contributed by atoms with E-state index in [1.165, 1.54) is 0 Å². The van der Waals surface area contributed by atoms with E-state index in [4.69, 9.17) is 0 Å². The van der Waals surface area contributed by atoms with E-state index < -0.39 is 14.8 Å². The molecule has 0 spiro atoms. The number of hydrogen-bond acceptors (Lipinski definition) is 2. The third-order valence-electron chi connectivity index (χ3n) is 2.68. The van der Waals surface area contributed by atoms with Gasteiger partial charge in [-0.15, -0.1) is 0 Å². The molecular formula is C9H18BrNO2S. The molecule has 1 saturated carbocycles. The summed E-state index contributed by atoms with van der Waals surface area (Å²) >= 11 is 3.42. The SMILES string of the molecule is CC(C)(C)S(=O)(=O)NCC1(CBr)CC1. The molecule has 0 aromatic heterocycles. The van der Waals surface area contributed by atoms with Crippen LogP contribution in [-0.2, 0) is 10.0 Å². The lowest BCUT2D eigenvalue weighted by Gasteiger charge is -2.21. The minimum Gasteiger partial charge on any atom is -0.214 e. The summed E-state index contributed by atoms with van der Waals surface area (Å²) in [5.41, 5.74) is 0.193. The first-order chi connectivity index (χ1) is 6.22. The first kappa shape index (κ1) is 12.5. The Kier molecular flexibility index (Phi) is 3.34. The van der Waals surface area contributed by atoms with Crippen molar-refractivity contribution >= 4 is 26.0 Å². The smallest absolute Gasteiger partial charge is 0.214 e. The molecule has 0 radical (unpaired) electrons. The Morgan fingerprint density at radius 1 is 1.36 bits per heavy atom. The van der Waals surface area contributed by atoms with Gasteiger partial charge in [-0.1, -0.05) is 15.9 Å². The third kappa shape index (κ3) is 2.70. The molecule has 3 nitrogen and oxygen atoms in total. The summed E-state index contributed by atoms with van der Waals surface area (Å²) in [4.78, 5) is 0. The third-order valence-corrected chi connectivity index (χ3v) is 6.01. The molecule has 0 aliphatic heterocycles. The molecule has 0 amide bonds. The molecule has 1 aliphatic carbocycles. The Balaban J connectivity index is 2.54. The molecule has 1 N–H and O–H groups in total. The molecule has 0 unspecified atom stereocenters. The van der Waals surface area contributed by atoms with Crippen molar-refractivity contribution in [2.75, 3.05) is 11.9 Å². The van der Waals surface area contributed by atoms with Crippen LogP contribution >= 0.6 is 15.9 Å². The van der Waals surface area contributed by atoms with Crippen molar-refractivity contribution in [1.29, 1.82) is 0 Å². The Morgan fingerprint density at radius 3 is 2.14 bits per heavy atom. The molecule has 1 rings (SSSR count). The van der Waals surface area contributed by atoms with E-state index in [-0.39, 0.29) is 5.41 Å². The van der Waals surface area contributed by atoms with E-state index >= 15 is 0 Å². The average molecular weight is 284 g/mol. The van der Waals surface area contributed by atoms with Crippen LogP contribution in [0, 0.1) is 5.41 Å². The van der Waals surface area contributed by atoms with E-state index in [1.54, 1.807) is 20.8 Å². The van der Waals surface area contributed by atoms with E-state index in [1.807, 2.05) is 0 Å². The van der Waals surface area contributed by atoms with Crippen molar-refractivity contribution in [3.63, 3.8) is 0 Å². The van der Waals surface area contributed by atoms with Gasteiger partial charge in [0.25, 0.3) is 0 Å². The van der Waals surface area contributed by atoms with E-state index in [2.05, 4.69) is 20.7 Å². The van der Waals surface area contributed by atoms with Crippen molar-refractivity contribution in [2.24, 2.45) is 5.41 Å². The standard InChI is InChI=1S/C9H18BrNO2S/c1-8(2,3)14(12,13)11-7-9(6-10)4-5-9/h11H,4-7H2,1-3H3. The quantitative estimate of drug-likeness (QED) is 0.801. The lowest BCUT2D eigenvalue weighted by molar-refractivity contribution is 0.515. The van der Waals surface area contributed by atoms with Gasteiger partial charge in [0.2, 0.25) is 10.0 Å². The normalized spacial score (nSPS) is 20.9. The molecule has 0 saturated heterocycles. The van der Waals surface area contributed by atoms with Crippen molar-refractivity contribution < 1.29 is 8.42 Å². The van der Waals surface area contributed by atoms with Gasteiger partial charge in [-0.05, 0) is 39.0 Å². The molecule has 14 heavy (non-hydrogen) atoms. The molecule has 1 fully saturated rings. The summed E-state index contributed by atoms with van der Waals surface area (Å²) in [5.74, 6) is 0. The maximum atomic E-state index is 11.7. The van der Waals surface area contributed by atoms with E-state index in [0.717, 1.165) is 18.2 Å². The summed E-state index contributed by atoms with van der Waals surface area (Å²) < 4.78 is 25.4. The molecule has 0 heterocycles. The first-order valence-electron chi connectivity index (χ1n) is 4.78. The molecule has 0 atom stereocenters. The van der Waals surface area contributed by atoms with Crippen LogP contribution in [-0.4, -0.2) is 25.0 Å². The zero-order chi connectivity index (χ0) is 11.0. The van der Waals surface area contributed by atoms with Gasteiger partial charge < -0.3 is 0 Å². The predicted molar refractivity (Wildman–Crippen MR) is 62.1 cm³/mol. The summed E-state index contributed by atoms with van der Waals surface area (Å²) in [6.07, 6.45) is 2.23. The van der Waals surface area contributed by atoms with E-state index in [0.29, 0.717) is 6.54 Å². The second-order valence-electron chi connectivity index (χ2n) is 5.07. The van der Waals surface area contributed by atoms with Crippen LogP contribution < -0.4 is 4.72 Å². The molecule has 84 valence electrons. The number of nitrogens with one attached hydrogen (secondary N) is 1. The largest absolute Gasteiger partial charge is 0.216 e. The zero-order valence-electron chi connectivity index (χ0n) is 8.93. The summed E-state index contributed by atoms with van der Waals surface area (Å²) in [6.45, 7) is 5.70. The highest BCUT2D eigenvalue weighted by Gasteiger charge is 2.43. The Bertz CT molecular complexity index is 301. The molecule has 0 aromatic carbocycles. The van der Waals surface area contributed by atoms with Crippen LogP contribution in [0.25, 0.3) is 0 Å². The minimum absolute atomic E-state index is 0.193. The average Bonchev–Trinajstić information content (AvgIpc) is 2.80. The molecule has 0 aromatic rings. The second-order valence-corrected chi connectivity index (χ2v) is 8.15. The summed E-state index contributed by atoms with van der Waals surface area (Å²) in [5, 5.41) is 0.882. The molecular weight excluding hydrogens is 266 g/mol.